The summed E-state index contributed by atoms with van der Waals surface area (Å²) in [6, 6.07) is 11.1. The summed E-state index contributed by atoms with van der Waals surface area (Å²) in [5.74, 6) is -0.581. The minimum Gasteiger partial charge on any atom is -0.361 e. The van der Waals surface area contributed by atoms with E-state index in [9.17, 15) is 9.18 Å². The fourth-order valence-corrected chi connectivity index (χ4v) is 2.11. The minimum atomic E-state index is -0.581. The average Bonchev–Trinajstić information content (AvgIpc) is 2.90. The third-order valence-corrected chi connectivity index (χ3v) is 3.30. The van der Waals surface area contributed by atoms with Crippen LogP contribution in [0, 0.1) is 5.82 Å². The molecule has 21 heavy (non-hydrogen) atoms. The molecule has 106 valence electrons. The van der Waals surface area contributed by atoms with Gasteiger partial charge in [-0.05, 0) is 41.8 Å². The predicted octanol–water partition coefficient (Wildman–Crippen LogP) is 4.60. The summed E-state index contributed by atoms with van der Waals surface area (Å²) < 4.78 is 13.3. The van der Waals surface area contributed by atoms with E-state index in [0.717, 1.165) is 17.0 Å². The van der Waals surface area contributed by atoms with Crippen molar-refractivity contribution in [3.8, 4) is 0 Å². The molecule has 0 saturated heterocycles. The van der Waals surface area contributed by atoms with Gasteiger partial charge in [-0.15, -0.1) is 0 Å². The second kappa shape index (κ2) is 5.46. The van der Waals surface area contributed by atoms with Gasteiger partial charge in [0, 0.05) is 23.1 Å². The zero-order chi connectivity index (χ0) is 14.8. The van der Waals surface area contributed by atoms with Gasteiger partial charge in [-0.2, -0.15) is 0 Å². The van der Waals surface area contributed by atoms with Gasteiger partial charge in [-0.1, -0.05) is 17.7 Å². The lowest BCUT2D eigenvalue weighted by atomic mass is 10.2. The lowest BCUT2D eigenvalue weighted by Gasteiger charge is -2.08. The maximum Gasteiger partial charge on any atom is 0.323 e. The topological polar surface area (TPSA) is 56.9 Å². The van der Waals surface area contributed by atoms with E-state index in [-0.39, 0.29) is 5.02 Å². The van der Waals surface area contributed by atoms with Crippen LogP contribution in [0.5, 0.6) is 0 Å². The number of halogens is 2. The van der Waals surface area contributed by atoms with Gasteiger partial charge in [0.25, 0.3) is 0 Å². The first-order valence-corrected chi connectivity index (χ1v) is 6.60. The Labute approximate surface area is 124 Å². The molecule has 0 spiro atoms. The minimum absolute atomic E-state index is 0.0122. The predicted molar refractivity (Wildman–Crippen MR) is 82.4 cm³/mol. The molecule has 0 aliphatic carbocycles. The van der Waals surface area contributed by atoms with Crippen LogP contribution in [0.25, 0.3) is 10.9 Å². The van der Waals surface area contributed by atoms with Crippen LogP contribution in [0.4, 0.5) is 20.6 Å². The summed E-state index contributed by atoms with van der Waals surface area (Å²) in [5, 5.41) is 6.29. The molecule has 2 aromatic carbocycles. The van der Waals surface area contributed by atoms with Gasteiger partial charge in [0.2, 0.25) is 0 Å². The monoisotopic (exact) mass is 303 g/mol. The number of benzene rings is 2. The molecule has 1 aromatic heterocycles. The van der Waals surface area contributed by atoms with Gasteiger partial charge in [-0.25, -0.2) is 9.18 Å². The van der Waals surface area contributed by atoms with Crippen molar-refractivity contribution >= 4 is 39.9 Å². The van der Waals surface area contributed by atoms with E-state index < -0.39 is 11.8 Å². The number of nitrogens with one attached hydrogen (secondary N) is 3. The number of amides is 2. The summed E-state index contributed by atoms with van der Waals surface area (Å²) in [7, 11) is 0. The van der Waals surface area contributed by atoms with Crippen molar-refractivity contribution in [1.82, 2.24) is 4.98 Å². The Morgan fingerprint density at radius 1 is 1.05 bits per heavy atom. The first-order valence-electron chi connectivity index (χ1n) is 6.22. The Kier molecular flexibility index (Phi) is 3.50. The van der Waals surface area contributed by atoms with Crippen molar-refractivity contribution in [2.45, 2.75) is 0 Å². The molecule has 2 amide bonds. The number of hydrogen-bond donors (Lipinski definition) is 3. The van der Waals surface area contributed by atoms with Crippen molar-refractivity contribution in [2.24, 2.45) is 0 Å². The number of aromatic amines is 1. The largest absolute Gasteiger partial charge is 0.361 e. The van der Waals surface area contributed by atoms with Gasteiger partial charge in [0.15, 0.2) is 0 Å². The van der Waals surface area contributed by atoms with E-state index in [4.69, 9.17) is 11.6 Å². The maximum absolute atomic E-state index is 13.3. The van der Waals surface area contributed by atoms with Crippen LogP contribution in [0.2, 0.25) is 5.02 Å². The fourth-order valence-electron chi connectivity index (χ4n) is 1.99. The summed E-state index contributed by atoms with van der Waals surface area (Å²) in [4.78, 5) is 14.9. The third-order valence-electron chi connectivity index (χ3n) is 2.99. The molecule has 3 rings (SSSR count). The lowest BCUT2D eigenvalue weighted by Crippen LogP contribution is -2.19. The number of carbonyl (C=O) groups is 1. The SMILES string of the molecule is O=C(Nc1ccc(Cl)c(F)c1)Nc1ccc2cc[nH]c2c1. The van der Waals surface area contributed by atoms with Gasteiger partial charge in [0.1, 0.15) is 5.82 Å². The van der Waals surface area contributed by atoms with Crippen LogP contribution in [0.15, 0.2) is 48.7 Å². The quantitative estimate of drug-likeness (QED) is 0.636. The van der Waals surface area contributed by atoms with E-state index in [1.807, 2.05) is 24.4 Å². The smallest absolute Gasteiger partial charge is 0.323 e. The average molecular weight is 304 g/mol. The highest BCUT2D eigenvalue weighted by atomic mass is 35.5. The summed E-state index contributed by atoms with van der Waals surface area (Å²) in [6.45, 7) is 0. The van der Waals surface area contributed by atoms with E-state index in [2.05, 4.69) is 15.6 Å². The van der Waals surface area contributed by atoms with Crippen molar-refractivity contribution in [2.75, 3.05) is 10.6 Å². The van der Waals surface area contributed by atoms with Gasteiger partial charge < -0.3 is 15.6 Å². The molecule has 0 aliphatic heterocycles. The maximum atomic E-state index is 13.3. The first kappa shape index (κ1) is 13.5. The molecule has 3 N–H and O–H groups in total. The number of hydrogen-bond acceptors (Lipinski definition) is 1. The molecule has 4 nitrogen and oxygen atoms in total. The number of fused-ring (bicyclic) bond motifs is 1. The van der Waals surface area contributed by atoms with E-state index in [1.54, 1.807) is 6.07 Å². The molecule has 3 aromatic rings. The van der Waals surface area contributed by atoms with Crippen LogP contribution in [-0.4, -0.2) is 11.0 Å². The van der Waals surface area contributed by atoms with Gasteiger partial charge in [-0.3, -0.25) is 0 Å². The first-order chi connectivity index (χ1) is 10.1. The molecular weight excluding hydrogens is 293 g/mol. The van der Waals surface area contributed by atoms with Crippen LogP contribution in [-0.2, 0) is 0 Å². The number of anilines is 2. The number of H-pyrrole nitrogens is 1. The van der Waals surface area contributed by atoms with Crippen LogP contribution < -0.4 is 10.6 Å². The highest BCUT2D eigenvalue weighted by Crippen LogP contribution is 2.20. The summed E-state index contributed by atoms with van der Waals surface area (Å²) in [5.41, 5.74) is 1.89. The molecule has 0 bridgehead atoms. The Balaban J connectivity index is 1.71. The van der Waals surface area contributed by atoms with Crippen molar-refractivity contribution < 1.29 is 9.18 Å². The number of carbonyl (C=O) groups excluding carboxylic acids is 1. The Morgan fingerprint density at radius 3 is 2.52 bits per heavy atom. The van der Waals surface area contributed by atoms with Gasteiger partial charge >= 0.3 is 6.03 Å². The number of urea groups is 1. The molecule has 0 aliphatic rings. The van der Waals surface area contributed by atoms with Crippen molar-refractivity contribution in [3.05, 3.63) is 59.5 Å². The molecule has 0 atom stereocenters. The third kappa shape index (κ3) is 2.98. The normalized spacial score (nSPS) is 10.6. The highest BCUT2D eigenvalue weighted by Gasteiger charge is 2.06. The Morgan fingerprint density at radius 2 is 1.76 bits per heavy atom. The number of rotatable bonds is 2. The number of aromatic nitrogens is 1. The summed E-state index contributed by atoms with van der Waals surface area (Å²) >= 11 is 5.58. The lowest BCUT2D eigenvalue weighted by molar-refractivity contribution is 0.262. The molecule has 1 heterocycles. The molecule has 0 saturated carbocycles. The van der Waals surface area contributed by atoms with E-state index in [1.165, 1.54) is 12.1 Å². The molecule has 0 radical (unpaired) electrons. The van der Waals surface area contributed by atoms with Crippen LogP contribution in [0.1, 0.15) is 0 Å². The Bertz CT molecular complexity index is 816. The van der Waals surface area contributed by atoms with Crippen LogP contribution >= 0.6 is 11.6 Å². The van der Waals surface area contributed by atoms with Gasteiger partial charge in [0.05, 0.1) is 5.02 Å². The van der Waals surface area contributed by atoms with Crippen molar-refractivity contribution in [3.63, 3.8) is 0 Å². The van der Waals surface area contributed by atoms with E-state index in [0.29, 0.717) is 11.4 Å². The zero-order valence-corrected chi connectivity index (χ0v) is 11.5. The van der Waals surface area contributed by atoms with E-state index >= 15 is 0 Å². The van der Waals surface area contributed by atoms with Crippen molar-refractivity contribution in [1.29, 1.82) is 0 Å². The second-order valence-electron chi connectivity index (χ2n) is 4.49. The van der Waals surface area contributed by atoms with Crippen LogP contribution in [0.3, 0.4) is 0 Å². The molecule has 6 heteroatoms. The summed E-state index contributed by atoms with van der Waals surface area (Å²) in [6.07, 6.45) is 1.82. The highest BCUT2D eigenvalue weighted by molar-refractivity contribution is 6.30. The zero-order valence-electron chi connectivity index (χ0n) is 10.8. The second-order valence-corrected chi connectivity index (χ2v) is 4.89. The molecule has 0 unspecified atom stereocenters. The molecular formula is C15H11ClFN3O. The molecule has 0 fully saturated rings. The standard InChI is InChI=1S/C15H11ClFN3O/c16-12-4-3-10(7-13(12)17)19-15(21)20-11-2-1-9-5-6-18-14(9)8-11/h1-8,18H,(H2,19,20,21). The fraction of sp³-hybridized carbons (Fsp3) is 0. The Hall–Kier alpha value is -2.53.